The molecule has 2 aromatic rings. The third kappa shape index (κ3) is 4.27. The second kappa shape index (κ2) is 8.28. The lowest BCUT2D eigenvalue weighted by Crippen LogP contribution is -2.38. The quantitative estimate of drug-likeness (QED) is 0.716. The normalized spacial score (nSPS) is 17.7. The molecule has 1 aliphatic rings. The first kappa shape index (κ1) is 17.6. The molecule has 1 aromatic heterocycles. The van der Waals surface area contributed by atoms with Crippen molar-refractivity contribution in [1.82, 2.24) is 15.0 Å². The molecule has 1 fully saturated rings. The molecule has 0 spiro atoms. The van der Waals surface area contributed by atoms with Crippen LogP contribution < -0.4 is 0 Å². The lowest BCUT2D eigenvalue weighted by molar-refractivity contribution is -0.135. The van der Waals surface area contributed by atoms with Gasteiger partial charge in [0, 0.05) is 18.5 Å². The summed E-state index contributed by atoms with van der Waals surface area (Å²) in [4.78, 5) is 19.1. The van der Waals surface area contributed by atoms with Gasteiger partial charge >= 0.3 is 0 Å². The number of rotatable bonds is 6. The molecular formula is C20H27N3O2. The molecule has 0 bridgehead atoms. The van der Waals surface area contributed by atoms with Crippen molar-refractivity contribution < 1.29 is 9.32 Å². The van der Waals surface area contributed by atoms with Crippen LogP contribution in [0.1, 0.15) is 69.4 Å². The van der Waals surface area contributed by atoms with Gasteiger partial charge in [0.2, 0.25) is 17.6 Å². The van der Waals surface area contributed by atoms with Crippen molar-refractivity contribution in [3.63, 3.8) is 0 Å². The standard InChI is InChI=1S/C20H27N3O2/c1-3-4-5-9-18(24)23-14-7-6-8-17(23)20-21-19(22-25-20)16-12-10-15(2)11-13-16/h10-13,17H,3-9,14H2,1-2H3. The van der Waals surface area contributed by atoms with E-state index in [1.807, 2.05) is 29.2 Å². The molecule has 5 heteroatoms. The van der Waals surface area contributed by atoms with Crippen LogP contribution in [-0.4, -0.2) is 27.5 Å². The molecule has 0 radical (unpaired) electrons. The minimum absolute atomic E-state index is 0.0745. The number of unbranched alkanes of at least 4 members (excludes halogenated alkanes) is 2. The maximum absolute atomic E-state index is 12.6. The fraction of sp³-hybridized carbons (Fsp3) is 0.550. The van der Waals surface area contributed by atoms with Gasteiger partial charge in [0.15, 0.2) is 0 Å². The van der Waals surface area contributed by atoms with Crippen molar-refractivity contribution in [1.29, 1.82) is 0 Å². The van der Waals surface area contributed by atoms with Gasteiger partial charge in [0.1, 0.15) is 6.04 Å². The Morgan fingerprint density at radius 3 is 2.80 bits per heavy atom. The predicted molar refractivity (Wildman–Crippen MR) is 96.9 cm³/mol. The Morgan fingerprint density at radius 1 is 1.24 bits per heavy atom. The highest BCUT2D eigenvalue weighted by molar-refractivity contribution is 5.76. The Kier molecular flexibility index (Phi) is 5.84. The topological polar surface area (TPSA) is 59.2 Å². The summed E-state index contributed by atoms with van der Waals surface area (Å²) in [5.74, 6) is 1.38. The van der Waals surface area contributed by atoms with E-state index in [2.05, 4.69) is 24.0 Å². The minimum Gasteiger partial charge on any atom is -0.337 e. The third-order valence-electron chi connectivity index (χ3n) is 4.85. The van der Waals surface area contributed by atoms with Crippen molar-refractivity contribution in [3.8, 4) is 11.4 Å². The number of hydrogen-bond acceptors (Lipinski definition) is 4. The zero-order chi connectivity index (χ0) is 17.6. The van der Waals surface area contributed by atoms with E-state index in [1.165, 1.54) is 5.56 Å². The lowest BCUT2D eigenvalue weighted by Gasteiger charge is -2.33. The van der Waals surface area contributed by atoms with E-state index in [0.717, 1.165) is 50.6 Å². The zero-order valence-corrected chi connectivity index (χ0v) is 15.2. The summed E-state index contributed by atoms with van der Waals surface area (Å²) in [7, 11) is 0. The van der Waals surface area contributed by atoms with Crippen LogP contribution in [0.25, 0.3) is 11.4 Å². The summed E-state index contributed by atoms with van der Waals surface area (Å²) in [6, 6.07) is 8.00. The van der Waals surface area contributed by atoms with E-state index >= 15 is 0 Å². The van der Waals surface area contributed by atoms with Crippen molar-refractivity contribution in [2.24, 2.45) is 0 Å². The summed E-state index contributed by atoms with van der Waals surface area (Å²) < 4.78 is 5.54. The number of aromatic nitrogens is 2. The highest BCUT2D eigenvalue weighted by Gasteiger charge is 2.31. The molecule has 1 atom stereocenters. The lowest BCUT2D eigenvalue weighted by atomic mass is 10.0. The van der Waals surface area contributed by atoms with Gasteiger partial charge in [-0.1, -0.05) is 54.8 Å². The smallest absolute Gasteiger partial charge is 0.249 e. The number of piperidine rings is 1. The van der Waals surface area contributed by atoms with Crippen LogP contribution in [0, 0.1) is 6.92 Å². The van der Waals surface area contributed by atoms with E-state index in [9.17, 15) is 4.79 Å². The molecule has 25 heavy (non-hydrogen) atoms. The van der Waals surface area contributed by atoms with Gasteiger partial charge in [-0.2, -0.15) is 4.98 Å². The van der Waals surface area contributed by atoms with Gasteiger partial charge in [-0.15, -0.1) is 0 Å². The molecule has 1 unspecified atom stereocenters. The largest absolute Gasteiger partial charge is 0.337 e. The van der Waals surface area contributed by atoms with E-state index in [4.69, 9.17) is 4.52 Å². The van der Waals surface area contributed by atoms with E-state index in [1.54, 1.807) is 0 Å². The highest BCUT2D eigenvalue weighted by Crippen LogP contribution is 2.32. The molecule has 1 amide bonds. The Labute approximate surface area is 149 Å². The molecule has 1 saturated heterocycles. The number of nitrogens with zero attached hydrogens (tertiary/aromatic N) is 3. The van der Waals surface area contributed by atoms with E-state index in [0.29, 0.717) is 18.1 Å². The predicted octanol–water partition coefficient (Wildman–Crippen LogP) is 4.68. The third-order valence-corrected chi connectivity index (χ3v) is 4.85. The van der Waals surface area contributed by atoms with Gasteiger partial charge in [-0.05, 0) is 32.6 Å². The van der Waals surface area contributed by atoms with Gasteiger partial charge < -0.3 is 9.42 Å². The molecule has 0 saturated carbocycles. The number of hydrogen-bond donors (Lipinski definition) is 0. The molecule has 0 aliphatic carbocycles. The van der Waals surface area contributed by atoms with Gasteiger partial charge in [0.25, 0.3) is 0 Å². The maximum atomic E-state index is 12.6. The van der Waals surface area contributed by atoms with E-state index < -0.39 is 0 Å². The van der Waals surface area contributed by atoms with Crippen LogP contribution >= 0.6 is 0 Å². The van der Waals surface area contributed by atoms with Crippen molar-refractivity contribution >= 4 is 5.91 Å². The molecule has 3 rings (SSSR count). The van der Waals surface area contributed by atoms with Crippen molar-refractivity contribution in [2.75, 3.05) is 6.54 Å². The summed E-state index contributed by atoms with van der Waals surface area (Å²) in [5.41, 5.74) is 2.14. The Hall–Kier alpha value is -2.17. The van der Waals surface area contributed by atoms with Gasteiger partial charge in [-0.3, -0.25) is 4.79 Å². The van der Waals surface area contributed by atoms with Crippen LogP contribution in [0.3, 0.4) is 0 Å². The first-order valence-electron chi connectivity index (χ1n) is 9.39. The number of aryl methyl sites for hydroxylation is 1. The highest BCUT2D eigenvalue weighted by atomic mass is 16.5. The van der Waals surface area contributed by atoms with Crippen LogP contribution in [0.4, 0.5) is 0 Å². The van der Waals surface area contributed by atoms with Crippen molar-refractivity contribution in [2.45, 2.75) is 64.8 Å². The zero-order valence-electron chi connectivity index (χ0n) is 15.2. The molecular weight excluding hydrogens is 314 g/mol. The number of carbonyl (C=O) groups is 1. The van der Waals surface area contributed by atoms with Crippen LogP contribution in [-0.2, 0) is 4.79 Å². The molecule has 0 N–H and O–H groups in total. The molecule has 1 aromatic carbocycles. The fourth-order valence-electron chi connectivity index (χ4n) is 3.35. The fourth-order valence-corrected chi connectivity index (χ4v) is 3.35. The van der Waals surface area contributed by atoms with Gasteiger partial charge in [0.05, 0.1) is 0 Å². The van der Waals surface area contributed by atoms with Gasteiger partial charge in [-0.25, -0.2) is 0 Å². The number of benzene rings is 1. The maximum Gasteiger partial charge on any atom is 0.249 e. The Balaban J connectivity index is 1.74. The average Bonchev–Trinajstić information content (AvgIpc) is 3.12. The van der Waals surface area contributed by atoms with Crippen LogP contribution in [0.5, 0.6) is 0 Å². The molecule has 134 valence electrons. The second-order valence-electron chi connectivity index (χ2n) is 6.88. The number of likely N-dealkylation sites (tertiary alicyclic amines) is 1. The van der Waals surface area contributed by atoms with Crippen LogP contribution in [0.15, 0.2) is 28.8 Å². The second-order valence-corrected chi connectivity index (χ2v) is 6.88. The summed E-state index contributed by atoms with van der Waals surface area (Å²) >= 11 is 0. The molecule has 1 aliphatic heterocycles. The van der Waals surface area contributed by atoms with E-state index in [-0.39, 0.29) is 11.9 Å². The first-order valence-corrected chi connectivity index (χ1v) is 9.39. The molecule has 2 heterocycles. The Bertz CT molecular complexity index is 693. The van der Waals surface area contributed by atoms with Crippen molar-refractivity contribution in [3.05, 3.63) is 35.7 Å². The number of amides is 1. The Morgan fingerprint density at radius 2 is 2.04 bits per heavy atom. The summed E-state index contributed by atoms with van der Waals surface area (Å²) in [6.07, 6.45) is 6.83. The first-order chi connectivity index (χ1) is 12.2. The SMILES string of the molecule is CCCCCC(=O)N1CCCCC1c1nc(-c2ccc(C)cc2)no1. The average molecular weight is 341 g/mol. The molecule has 5 nitrogen and oxygen atoms in total. The summed E-state index contributed by atoms with van der Waals surface area (Å²) in [5, 5.41) is 4.14. The number of carbonyl (C=O) groups excluding carboxylic acids is 1. The minimum atomic E-state index is -0.0745. The van der Waals surface area contributed by atoms with Crippen LogP contribution in [0.2, 0.25) is 0 Å². The summed E-state index contributed by atoms with van der Waals surface area (Å²) in [6.45, 7) is 4.99. The monoisotopic (exact) mass is 341 g/mol.